The minimum atomic E-state index is -0.111. The Morgan fingerprint density at radius 1 is 1.04 bits per heavy atom. The van der Waals surface area contributed by atoms with Crippen LogP contribution in [0.5, 0.6) is 0 Å². The molecule has 0 saturated carbocycles. The van der Waals surface area contributed by atoms with Crippen LogP contribution >= 0.6 is 0 Å². The fraction of sp³-hybridized carbons (Fsp3) is 0.556. The fourth-order valence-electron chi connectivity index (χ4n) is 2.07. The fourth-order valence-corrected chi connectivity index (χ4v) is 2.07. The van der Waals surface area contributed by atoms with Gasteiger partial charge in [0.25, 0.3) is 0 Å². The van der Waals surface area contributed by atoms with Gasteiger partial charge in [0.15, 0.2) is 0 Å². The third kappa shape index (κ3) is 8.98. The lowest BCUT2D eigenvalue weighted by Gasteiger charge is -2.14. The van der Waals surface area contributed by atoms with Gasteiger partial charge in [-0.3, -0.25) is 9.59 Å². The number of carbonyl (C=O) groups is 2. The molecule has 0 bridgehead atoms. The third-order valence-electron chi connectivity index (χ3n) is 3.35. The molecule has 128 valence electrons. The van der Waals surface area contributed by atoms with Gasteiger partial charge in [-0.2, -0.15) is 0 Å². The zero-order chi connectivity index (χ0) is 17.1. The molecule has 0 saturated heterocycles. The number of rotatable bonds is 10. The quantitative estimate of drug-likeness (QED) is 0.651. The van der Waals surface area contributed by atoms with Crippen LogP contribution in [0.25, 0.3) is 0 Å². The predicted molar refractivity (Wildman–Crippen MR) is 90.9 cm³/mol. The van der Waals surface area contributed by atoms with Gasteiger partial charge in [0, 0.05) is 26.0 Å². The minimum absolute atomic E-state index is 0.0556. The van der Waals surface area contributed by atoms with Crippen molar-refractivity contribution < 1.29 is 14.3 Å². The molecule has 0 aliphatic rings. The molecule has 1 atom stereocenters. The molecule has 1 aromatic rings. The molecule has 0 aliphatic heterocycles. The van der Waals surface area contributed by atoms with E-state index in [4.69, 9.17) is 4.74 Å². The Kier molecular flexibility index (Phi) is 8.98. The molecule has 5 nitrogen and oxygen atoms in total. The molecule has 0 heterocycles. The highest BCUT2D eigenvalue weighted by Crippen LogP contribution is 2.11. The molecular weight excluding hydrogens is 292 g/mol. The minimum Gasteiger partial charge on any atom is -0.379 e. The van der Waals surface area contributed by atoms with Gasteiger partial charge in [-0.05, 0) is 32.8 Å². The lowest BCUT2D eigenvalue weighted by molar-refractivity contribution is -0.126. The van der Waals surface area contributed by atoms with Crippen LogP contribution in [-0.4, -0.2) is 31.1 Å². The van der Waals surface area contributed by atoms with E-state index in [1.807, 2.05) is 51.1 Å². The molecule has 0 aliphatic carbocycles. The second-order valence-electron chi connectivity index (χ2n) is 5.82. The molecular formula is C18H28N2O3. The van der Waals surface area contributed by atoms with Crippen molar-refractivity contribution in [3.63, 3.8) is 0 Å². The van der Waals surface area contributed by atoms with Crippen LogP contribution in [0.4, 0.5) is 0 Å². The van der Waals surface area contributed by atoms with Gasteiger partial charge in [0.1, 0.15) is 0 Å². The molecule has 1 rings (SSSR count). The Balaban J connectivity index is 2.14. The smallest absolute Gasteiger partial charge is 0.220 e. The van der Waals surface area contributed by atoms with Crippen molar-refractivity contribution in [2.24, 2.45) is 0 Å². The second kappa shape index (κ2) is 10.8. The summed E-state index contributed by atoms with van der Waals surface area (Å²) in [7, 11) is 0. The molecule has 1 aromatic carbocycles. The van der Waals surface area contributed by atoms with Crippen LogP contribution < -0.4 is 10.6 Å². The summed E-state index contributed by atoms with van der Waals surface area (Å²) in [5, 5.41) is 5.70. The van der Waals surface area contributed by atoms with E-state index >= 15 is 0 Å². The van der Waals surface area contributed by atoms with Crippen LogP contribution in [0.15, 0.2) is 30.3 Å². The standard InChI is InChI=1S/C18H28N2O3/c1-14(2)23-13-7-12-19-17(21)10-11-18(22)20-15(3)16-8-5-4-6-9-16/h4-6,8-9,14-15H,7,10-13H2,1-3H3,(H,19,21)(H,20,22). The summed E-state index contributed by atoms with van der Waals surface area (Å²) in [4.78, 5) is 23.5. The topological polar surface area (TPSA) is 67.4 Å². The first-order valence-corrected chi connectivity index (χ1v) is 8.21. The number of hydrogen-bond donors (Lipinski definition) is 2. The Hall–Kier alpha value is -1.88. The van der Waals surface area contributed by atoms with Crippen LogP contribution in [0.3, 0.4) is 0 Å². The first kappa shape index (κ1) is 19.2. The third-order valence-corrected chi connectivity index (χ3v) is 3.35. The Bertz CT molecular complexity index is 474. The number of carbonyl (C=O) groups excluding carboxylic acids is 2. The largest absolute Gasteiger partial charge is 0.379 e. The molecule has 0 fully saturated rings. The van der Waals surface area contributed by atoms with Gasteiger partial charge in [-0.15, -0.1) is 0 Å². The van der Waals surface area contributed by atoms with Crippen LogP contribution in [0, 0.1) is 0 Å². The highest BCUT2D eigenvalue weighted by Gasteiger charge is 2.11. The molecule has 23 heavy (non-hydrogen) atoms. The summed E-state index contributed by atoms with van der Waals surface area (Å²) in [5.74, 6) is -0.211. The van der Waals surface area contributed by atoms with Gasteiger partial charge < -0.3 is 15.4 Å². The van der Waals surface area contributed by atoms with E-state index in [1.54, 1.807) is 0 Å². The van der Waals surface area contributed by atoms with E-state index in [9.17, 15) is 9.59 Å². The molecule has 0 aromatic heterocycles. The summed E-state index contributed by atoms with van der Waals surface area (Å²) in [5.41, 5.74) is 1.05. The molecule has 0 spiro atoms. The summed E-state index contributed by atoms with van der Waals surface area (Å²) in [6, 6.07) is 9.70. The molecule has 1 unspecified atom stereocenters. The molecule has 2 amide bonds. The average Bonchev–Trinajstić information content (AvgIpc) is 2.53. The SMILES string of the molecule is CC(C)OCCCNC(=O)CCC(=O)NC(C)c1ccccc1. The van der Waals surface area contributed by atoms with Gasteiger partial charge in [0.2, 0.25) is 11.8 Å². The maximum absolute atomic E-state index is 11.9. The van der Waals surface area contributed by atoms with E-state index in [2.05, 4.69) is 10.6 Å². The number of amides is 2. The monoisotopic (exact) mass is 320 g/mol. The Labute approximate surface area is 138 Å². The van der Waals surface area contributed by atoms with Crippen LogP contribution in [-0.2, 0) is 14.3 Å². The van der Waals surface area contributed by atoms with E-state index < -0.39 is 0 Å². The van der Waals surface area contributed by atoms with E-state index in [0.29, 0.717) is 13.2 Å². The molecule has 0 radical (unpaired) electrons. The zero-order valence-corrected chi connectivity index (χ0v) is 14.3. The van der Waals surface area contributed by atoms with Crippen molar-refractivity contribution in [1.29, 1.82) is 0 Å². The highest BCUT2D eigenvalue weighted by atomic mass is 16.5. The normalized spacial score (nSPS) is 12.0. The van der Waals surface area contributed by atoms with Gasteiger partial charge in [0.05, 0.1) is 12.1 Å². The molecule has 5 heteroatoms. The molecule has 2 N–H and O–H groups in total. The number of hydrogen-bond acceptors (Lipinski definition) is 3. The highest BCUT2D eigenvalue weighted by molar-refractivity contribution is 5.83. The van der Waals surface area contributed by atoms with Crippen molar-refractivity contribution in [2.75, 3.05) is 13.2 Å². The van der Waals surface area contributed by atoms with Crippen LogP contribution in [0.1, 0.15) is 51.6 Å². The maximum atomic E-state index is 11.9. The maximum Gasteiger partial charge on any atom is 0.220 e. The van der Waals surface area contributed by atoms with Gasteiger partial charge in [-0.1, -0.05) is 30.3 Å². The van der Waals surface area contributed by atoms with Gasteiger partial charge in [-0.25, -0.2) is 0 Å². The lowest BCUT2D eigenvalue weighted by atomic mass is 10.1. The lowest BCUT2D eigenvalue weighted by Crippen LogP contribution is -2.30. The Morgan fingerprint density at radius 3 is 2.35 bits per heavy atom. The van der Waals surface area contributed by atoms with E-state index in [-0.39, 0.29) is 36.8 Å². The average molecular weight is 320 g/mol. The first-order valence-electron chi connectivity index (χ1n) is 8.21. The second-order valence-corrected chi connectivity index (χ2v) is 5.82. The Morgan fingerprint density at radius 2 is 1.70 bits per heavy atom. The van der Waals surface area contributed by atoms with Gasteiger partial charge >= 0.3 is 0 Å². The van der Waals surface area contributed by atoms with Crippen molar-refractivity contribution in [3.05, 3.63) is 35.9 Å². The van der Waals surface area contributed by atoms with Crippen molar-refractivity contribution >= 4 is 11.8 Å². The van der Waals surface area contributed by atoms with Crippen molar-refractivity contribution in [3.8, 4) is 0 Å². The summed E-state index contributed by atoms with van der Waals surface area (Å²) >= 11 is 0. The van der Waals surface area contributed by atoms with Crippen molar-refractivity contribution in [2.45, 2.75) is 52.2 Å². The van der Waals surface area contributed by atoms with E-state index in [1.165, 1.54) is 0 Å². The number of benzene rings is 1. The summed E-state index contributed by atoms with van der Waals surface area (Å²) in [6.45, 7) is 7.10. The number of nitrogens with one attached hydrogen (secondary N) is 2. The number of ether oxygens (including phenoxy) is 1. The summed E-state index contributed by atoms with van der Waals surface area (Å²) < 4.78 is 5.39. The predicted octanol–water partition coefficient (Wildman–Crippen LogP) is 2.58. The zero-order valence-electron chi connectivity index (χ0n) is 14.3. The van der Waals surface area contributed by atoms with E-state index in [0.717, 1.165) is 12.0 Å². The van der Waals surface area contributed by atoms with Crippen LogP contribution in [0.2, 0.25) is 0 Å². The van der Waals surface area contributed by atoms with Crippen molar-refractivity contribution in [1.82, 2.24) is 10.6 Å². The first-order chi connectivity index (χ1) is 11.0. The summed E-state index contributed by atoms with van der Waals surface area (Å²) in [6.07, 6.45) is 1.39.